The number of aryl methyl sites for hydroxylation is 1. The number of thiophene rings is 1. The topological polar surface area (TPSA) is 65.4 Å². The molecule has 6 nitrogen and oxygen atoms in total. The number of para-hydroxylation sites is 1. The first-order valence-electron chi connectivity index (χ1n) is 10.2. The van der Waals surface area contributed by atoms with Crippen molar-refractivity contribution >= 4 is 17.2 Å². The zero-order valence-corrected chi connectivity index (χ0v) is 18.1. The number of ether oxygens (including phenoxy) is 2. The highest BCUT2D eigenvalue weighted by Crippen LogP contribution is 2.33. The van der Waals surface area contributed by atoms with Gasteiger partial charge in [0.1, 0.15) is 5.75 Å². The van der Waals surface area contributed by atoms with Gasteiger partial charge in [-0.1, -0.05) is 12.1 Å². The Bertz CT molecular complexity index is 1090. The molecule has 0 spiro atoms. The maximum absolute atomic E-state index is 12.6. The van der Waals surface area contributed by atoms with Gasteiger partial charge in [-0.05, 0) is 55.8 Å². The van der Waals surface area contributed by atoms with Gasteiger partial charge in [0.2, 0.25) is 0 Å². The number of hydrogen-bond acceptors (Lipinski definition) is 5. The Morgan fingerprint density at radius 1 is 1.31 bits per heavy atom. The molecule has 1 amide bonds. The molecule has 1 unspecified atom stereocenters. The highest BCUT2D eigenvalue weighted by Gasteiger charge is 2.33. The summed E-state index contributed by atoms with van der Waals surface area (Å²) in [6.07, 6.45) is -2.20. The molecule has 1 aromatic carbocycles. The zero-order chi connectivity index (χ0) is 22.7. The third kappa shape index (κ3) is 5.13. The smallest absolute Gasteiger partial charge is 0.405 e. The van der Waals surface area contributed by atoms with E-state index in [1.807, 2.05) is 29.1 Å². The summed E-state index contributed by atoms with van der Waals surface area (Å²) in [6.45, 7) is 2.74. The lowest BCUT2D eigenvalue weighted by atomic mass is 10.1. The van der Waals surface area contributed by atoms with Gasteiger partial charge in [-0.2, -0.15) is 5.10 Å². The average Bonchev–Trinajstić information content (AvgIpc) is 3.37. The van der Waals surface area contributed by atoms with E-state index in [0.717, 1.165) is 41.5 Å². The van der Waals surface area contributed by atoms with Crippen LogP contribution in [0.3, 0.4) is 0 Å². The van der Waals surface area contributed by atoms with Crippen LogP contribution in [-0.4, -0.2) is 28.7 Å². The van der Waals surface area contributed by atoms with E-state index >= 15 is 0 Å². The van der Waals surface area contributed by atoms with E-state index < -0.39 is 18.0 Å². The molecule has 170 valence electrons. The van der Waals surface area contributed by atoms with Crippen molar-refractivity contribution in [3.05, 3.63) is 57.9 Å². The maximum atomic E-state index is 12.6. The monoisotopic (exact) mass is 465 g/mol. The van der Waals surface area contributed by atoms with Gasteiger partial charge in [-0.15, -0.1) is 24.5 Å². The number of carbonyl (C=O) groups is 1. The molecule has 3 heterocycles. The van der Waals surface area contributed by atoms with E-state index in [9.17, 15) is 18.0 Å². The van der Waals surface area contributed by atoms with Gasteiger partial charge in [-0.25, -0.2) is 4.68 Å². The van der Waals surface area contributed by atoms with Crippen LogP contribution < -0.4 is 10.1 Å². The molecule has 1 N–H and O–H groups in total. The van der Waals surface area contributed by atoms with E-state index in [-0.39, 0.29) is 18.3 Å². The standard InChI is InChI=1S/C22H22F3N3O3S/c1-14-16(9-11-32-14)18-12-15(27-28(18)20-8-4-5-10-30-20)13-26-21(29)17-6-2-3-7-19(17)31-22(23,24)25/h2-3,6-7,9,11-12,20H,4-5,8,10,13H2,1H3,(H,26,29). The lowest BCUT2D eigenvalue weighted by Gasteiger charge is -2.24. The van der Waals surface area contributed by atoms with Crippen LogP contribution in [0.5, 0.6) is 5.75 Å². The number of amides is 1. The fourth-order valence-corrected chi connectivity index (χ4v) is 4.36. The molecule has 1 aliphatic heterocycles. The molecule has 10 heteroatoms. The lowest BCUT2D eigenvalue weighted by molar-refractivity contribution is -0.274. The van der Waals surface area contributed by atoms with Crippen LogP contribution in [0.25, 0.3) is 11.3 Å². The predicted octanol–water partition coefficient (Wildman–Crippen LogP) is 5.45. The summed E-state index contributed by atoms with van der Waals surface area (Å²) in [7, 11) is 0. The molecule has 1 aliphatic rings. The number of rotatable bonds is 6. The van der Waals surface area contributed by atoms with Crippen molar-refractivity contribution in [2.45, 2.75) is 45.3 Å². The van der Waals surface area contributed by atoms with Crippen molar-refractivity contribution in [2.75, 3.05) is 6.61 Å². The van der Waals surface area contributed by atoms with Gasteiger partial charge < -0.3 is 14.8 Å². The quantitative estimate of drug-likeness (QED) is 0.526. The highest BCUT2D eigenvalue weighted by molar-refractivity contribution is 7.10. The minimum Gasteiger partial charge on any atom is -0.405 e. The van der Waals surface area contributed by atoms with Crippen molar-refractivity contribution in [3.8, 4) is 17.0 Å². The van der Waals surface area contributed by atoms with Crippen molar-refractivity contribution in [3.63, 3.8) is 0 Å². The van der Waals surface area contributed by atoms with Crippen LogP contribution in [0.2, 0.25) is 0 Å². The third-order valence-electron chi connectivity index (χ3n) is 5.14. The van der Waals surface area contributed by atoms with Gasteiger partial charge in [0.15, 0.2) is 6.23 Å². The van der Waals surface area contributed by atoms with Gasteiger partial charge >= 0.3 is 6.36 Å². The fourth-order valence-electron chi connectivity index (χ4n) is 3.65. The van der Waals surface area contributed by atoms with E-state index in [4.69, 9.17) is 4.74 Å². The number of hydrogen-bond donors (Lipinski definition) is 1. The molecule has 1 atom stereocenters. The Morgan fingerprint density at radius 2 is 2.12 bits per heavy atom. The molecule has 1 fully saturated rings. The Morgan fingerprint density at radius 3 is 2.81 bits per heavy atom. The van der Waals surface area contributed by atoms with Gasteiger partial charge in [-0.3, -0.25) is 4.79 Å². The first kappa shape index (κ1) is 22.3. The molecule has 3 aromatic rings. The Labute approximate surface area is 187 Å². The van der Waals surface area contributed by atoms with Crippen LogP contribution in [0.1, 0.15) is 46.4 Å². The summed E-state index contributed by atoms with van der Waals surface area (Å²) in [4.78, 5) is 13.7. The minimum absolute atomic E-state index is 0.0507. The van der Waals surface area contributed by atoms with Crippen molar-refractivity contribution < 1.29 is 27.4 Å². The van der Waals surface area contributed by atoms with Crippen LogP contribution in [-0.2, 0) is 11.3 Å². The minimum atomic E-state index is -4.89. The third-order valence-corrected chi connectivity index (χ3v) is 5.98. The molecule has 0 bridgehead atoms. The molecule has 4 rings (SSSR count). The number of alkyl halides is 3. The Kier molecular flexibility index (Phi) is 6.52. The maximum Gasteiger partial charge on any atom is 0.573 e. The SMILES string of the molecule is Cc1sccc1-c1cc(CNC(=O)c2ccccc2OC(F)(F)F)nn1C1CCCCO1. The second-order valence-corrected chi connectivity index (χ2v) is 8.52. The number of halogens is 3. The first-order chi connectivity index (χ1) is 15.3. The van der Waals surface area contributed by atoms with Crippen LogP contribution >= 0.6 is 11.3 Å². The molecule has 0 radical (unpaired) electrons. The summed E-state index contributed by atoms with van der Waals surface area (Å²) in [5.41, 5.74) is 2.31. The summed E-state index contributed by atoms with van der Waals surface area (Å²) in [5, 5.41) is 9.30. The molecule has 32 heavy (non-hydrogen) atoms. The largest absolute Gasteiger partial charge is 0.573 e. The van der Waals surface area contributed by atoms with Gasteiger partial charge in [0.25, 0.3) is 5.91 Å². The average molecular weight is 465 g/mol. The molecule has 0 aliphatic carbocycles. The number of aromatic nitrogens is 2. The molecular weight excluding hydrogens is 443 g/mol. The highest BCUT2D eigenvalue weighted by atomic mass is 32.1. The second-order valence-electron chi connectivity index (χ2n) is 7.40. The van der Waals surface area contributed by atoms with E-state index in [1.165, 1.54) is 18.2 Å². The summed E-state index contributed by atoms with van der Waals surface area (Å²) >= 11 is 1.63. The normalized spacial score (nSPS) is 16.7. The Balaban J connectivity index is 1.55. The summed E-state index contributed by atoms with van der Waals surface area (Å²) < 4.78 is 49.7. The molecule has 0 saturated carbocycles. The van der Waals surface area contributed by atoms with E-state index in [1.54, 1.807) is 11.3 Å². The van der Waals surface area contributed by atoms with E-state index in [2.05, 4.69) is 15.2 Å². The molecule has 1 saturated heterocycles. The van der Waals surface area contributed by atoms with Crippen LogP contribution in [0.15, 0.2) is 41.8 Å². The van der Waals surface area contributed by atoms with Crippen molar-refractivity contribution in [2.24, 2.45) is 0 Å². The van der Waals surface area contributed by atoms with Gasteiger partial charge in [0.05, 0.1) is 23.5 Å². The number of benzene rings is 1. The van der Waals surface area contributed by atoms with Crippen molar-refractivity contribution in [1.82, 2.24) is 15.1 Å². The zero-order valence-electron chi connectivity index (χ0n) is 17.3. The predicted molar refractivity (Wildman–Crippen MR) is 113 cm³/mol. The fraction of sp³-hybridized carbons (Fsp3) is 0.364. The molecule has 2 aromatic heterocycles. The molecular formula is C22H22F3N3O3S. The number of nitrogens with one attached hydrogen (secondary N) is 1. The number of carbonyl (C=O) groups excluding carboxylic acids is 1. The van der Waals surface area contributed by atoms with Gasteiger partial charge in [0, 0.05) is 17.0 Å². The first-order valence-corrected chi connectivity index (χ1v) is 11.1. The van der Waals surface area contributed by atoms with E-state index in [0.29, 0.717) is 12.3 Å². The second kappa shape index (κ2) is 9.33. The lowest BCUT2D eigenvalue weighted by Crippen LogP contribution is -2.26. The van der Waals surface area contributed by atoms with Crippen LogP contribution in [0.4, 0.5) is 13.2 Å². The number of nitrogens with zero attached hydrogens (tertiary/aromatic N) is 2. The van der Waals surface area contributed by atoms with Crippen LogP contribution in [0, 0.1) is 6.92 Å². The summed E-state index contributed by atoms with van der Waals surface area (Å²) in [6, 6.07) is 9.14. The van der Waals surface area contributed by atoms with Crippen molar-refractivity contribution in [1.29, 1.82) is 0 Å². The summed E-state index contributed by atoms with van der Waals surface area (Å²) in [5.74, 6) is -1.23. The Hall–Kier alpha value is -2.85.